The van der Waals surface area contributed by atoms with E-state index in [2.05, 4.69) is 18.9 Å². The molecule has 0 aliphatic heterocycles. The lowest BCUT2D eigenvalue weighted by Gasteiger charge is -2.27. The molecule has 1 N–H and O–H groups in total. The van der Waals surface area contributed by atoms with Gasteiger partial charge in [-0.2, -0.15) is 0 Å². The Bertz CT molecular complexity index is 472. The smallest absolute Gasteiger partial charge is 0.335 e. The molecule has 1 aromatic carbocycles. The molecule has 0 radical (unpaired) electrons. The number of benzene rings is 1. The second kappa shape index (κ2) is 7.60. The van der Waals surface area contributed by atoms with Crippen LogP contribution in [0.25, 0.3) is 0 Å². The zero-order valence-electron chi connectivity index (χ0n) is 13.2. The van der Waals surface area contributed by atoms with E-state index in [1.165, 1.54) is 32.1 Å². The Morgan fingerprint density at radius 3 is 2.76 bits per heavy atom. The van der Waals surface area contributed by atoms with Gasteiger partial charge in [0.25, 0.3) is 0 Å². The van der Waals surface area contributed by atoms with Gasteiger partial charge in [0.15, 0.2) is 0 Å². The van der Waals surface area contributed by atoms with Crippen LogP contribution in [-0.4, -0.2) is 35.6 Å². The molecule has 0 aromatic heterocycles. The first kappa shape index (κ1) is 16.0. The van der Waals surface area contributed by atoms with E-state index in [1.807, 2.05) is 12.1 Å². The Morgan fingerprint density at radius 2 is 2.00 bits per heavy atom. The zero-order valence-corrected chi connectivity index (χ0v) is 13.2. The molecule has 1 fully saturated rings. The van der Waals surface area contributed by atoms with Crippen molar-refractivity contribution in [2.75, 3.05) is 13.6 Å². The number of carbonyl (C=O) groups is 1. The molecule has 1 aliphatic carbocycles. The molecule has 1 saturated carbocycles. The van der Waals surface area contributed by atoms with E-state index in [-0.39, 0.29) is 0 Å². The molecule has 2 atom stereocenters. The van der Waals surface area contributed by atoms with Crippen LogP contribution in [-0.2, 0) is 6.42 Å². The van der Waals surface area contributed by atoms with Gasteiger partial charge in [-0.15, -0.1) is 0 Å². The van der Waals surface area contributed by atoms with Crippen LogP contribution in [0.2, 0.25) is 0 Å². The second-order valence-corrected chi connectivity index (χ2v) is 6.46. The highest BCUT2D eigenvalue weighted by atomic mass is 16.4. The van der Waals surface area contributed by atoms with Crippen LogP contribution < -0.4 is 0 Å². The average molecular weight is 289 g/mol. The van der Waals surface area contributed by atoms with Crippen LogP contribution in [0.5, 0.6) is 0 Å². The molecular formula is C18H27NO2. The first-order chi connectivity index (χ1) is 10.1. The fourth-order valence-electron chi connectivity index (χ4n) is 3.33. The Balaban J connectivity index is 1.92. The highest BCUT2D eigenvalue weighted by molar-refractivity contribution is 5.89. The molecule has 2 unspecified atom stereocenters. The molecule has 0 bridgehead atoms. The molecular weight excluding hydrogens is 262 g/mol. The van der Waals surface area contributed by atoms with Gasteiger partial charge in [0.1, 0.15) is 0 Å². The number of aromatic carboxylic acids is 1. The lowest BCUT2D eigenvalue weighted by Crippen LogP contribution is -2.33. The van der Waals surface area contributed by atoms with Crippen LogP contribution in [0.4, 0.5) is 0 Å². The summed E-state index contributed by atoms with van der Waals surface area (Å²) in [5, 5.41) is 9.23. The van der Waals surface area contributed by atoms with Gasteiger partial charge in [-0.05, 0) is 50.3 Å². The molecule has 21 heavy (non-hydrogen) atoms. The molecule has 0 heterocycles. The largest absolute Gasteiger partial charge is 0.478 e. The van der Waals surface area contributed by atoms with Gasteiger partial charge >= 0.3 is 5.97 Å². The summed E-state index contributed by atoms with van der Waals surface area (Å²) in [5.41, 5.74) is 1.39. The fraction of sp³-hybridized carbons (Fsp3) is 0.611. The molecule has 1 aliphatic rings. The third kappa shape index (κ3) is 4.57. The van der Waals surface area contributed by atoms with Crippen molar-refractivity contribution in [2.45, 2.75) is 51.5 Å². The molecule has 0 spiro atoms. The van der Waals surface area contributed by atoms with E-state index in [0.29, 0.717) is 11.6 Å². The van der Waals surface area contributed by atoms with Crippen molar-refractivity contribution >= 4 is 5.97 Å². The maximum atomic E-state index is 11.2. The fourth-order valence-corrected chi connectivity index (χ4v) is 3.33. The Labute approximate surface area is 128 Å². The summed E-state index contributed by atoms with van der Waals surface area (Å²) in [5.74, 6) is 0.0349. The molecule has 3 heteroatoms. The van der Waals surface area contributed by atoms with Crippen molar-refractivity contribution in [2.24, 2.45) is 5.92 Å². The Morgan fingerprint density at radius 1 is 1.24 bits per heavy atom. The molecule has 3 nitrogen and oxygen atoms in total. The number of hydrogen-bond donors (Lipinski definition) is 1. The van der Waals surface area contributed by atoms with Crippen LogP contribution >= 0.6 is 0 Å². The van der Waals surface area contributed by atoms with Gasteiger partial charge in [0.05, 0.1) is 5.56 Å². The summed E-state index contributed by atoms with van der Waals surface area (Å²) in [6, 6.07) is 8.02. The minimum Gasteiger partial charge on any atom is -0.478 e. The van der Waals surface area contributed by atoms with Crippen LogP contribution in [0.1, 0.15) is 54.9 Å². The van der Waals surface area contributed by atoms with Gasteiger partial charge in [-0.3, -0.25) is 0 Å². The molecule has 116 valence electrons. The van der Waals surface area contributed by atoms with Gasteiger partial charge in [0.2, 0.25) is 0 Å². The quantitative estimate of drug-likeness (QED) is 0.838. The molecule has 1 aromatic rings. The Hall–Kier alpha value is -1.35. The number of hydrogen-bond acceptors (Lipinski definition) is 2. The van der Waals surface area contributed by atoms with Crippen molar-refractivity contribution in [1.82, 2.24) is 4.90 Å². The van der Waals surface area contributed by atoms with Crippen LogP contribution in [0.15, 0.2) is 24.3 Å². The lowest BCUT2D eigenvalue weighted by atomic mass is 10.0. The van der Waals surface area contributed by atoms with Crippen molar-refractivity contribution in [3.05, 3.63) is 35.4 Å². The van der Waals surface area contributed by atoms with E-state index in [4.69, 9.17) is 0 Å². The van der Waals surface area contributed by atoms with Crippen LogP contribution in [0.3, 0.4) is 0 Å². The first-order valence-corrected chi connectivity index (χ1v) is 8.09. The number of carboxylic acid groups (broad SMARTS) is 1. The standard InChI is InChI=1S/C18H27NO2/c1-14-6-5-8-16(11-10-14)19(2)13-12-15-7-3-4-9-17(15)18(20)21/h3-4,7,9,14,16H,5-6,8,10-13H2,1-2H3,(H,20,21). The summed E-state index contributed by atoms with van der Waals surface area (Å²) >= 11 is 0. The van der Waals surface area contributed by atoms with Gasteiger partial charge in [-0.1, -0.05) is 38.0 Å². The summed E-state index contributed by atoms with van der Waals surface area (Å²) in [6.07, 6.45) is 7.36. The van der Waals surface area contributed by atoms with E-state index >= 15 is 0 Å². The summed E-state index contributed by atoms with van der Waals surface area (Å²) in [7, 11) is 2.18. The Kier molecular flexibility index (Phi) is 5.80. The minimum atomic E-state index is -0.823. The number of rotatable bonds is 5. The highest BCUT2D eigenvalue weighted by Crippen LogP contribution is 2.25. The predicted octanol–water partition coefficient (Wildman–Crippen LogP) is 3.83. The van der Waals surface area contributed by atoms with Gasteiger partial charge in [0, 0.05) is 12.6 Å². The number of nitrogens with zero attached hydrogens (tertiary/aromatic N) is 1. The third-order valence-corrected chi connectivity index (χ3v) is 4.83. The van der Waals surface area contributed by atoms with Crippen molar-refractivity contribution in [3.8, 4) is 0 Å². The average Bonchev–Trinajstić information content (AvgIpc) is 2.69. The van der Waals surface area contributed by atoms with Crippen LogP contribution in [0, 0.1) is 5.92 Å². The van der Waals surface area contributed by atoms with Crippen molar-refractivity contribution < 1.29 is 9.90 Å². The first-order valence-electron chi connectivity index (χ1n) is 8.09. The van der Waals surface area contributed by atoms with Gasteiger partial charge in [-0.25, -0.2) is 4.79 Å². The normalized spacial score (nSPS) is 23.0. The summed E-state index contributed by atoms with van der Waals surface area (Å²) in [6.45, 7) is 3.29. The SMILES string of the molecule is CC1CCCC(N(C)CCc2ccccc2C(=O)O)CC1. The van der Waals surface area contributed by atoms with E-state index in [0.717, 1.165) is 24.4 Å². The third-order valence-electron chi connectivity index (χ3n) is 4.83. The van der Waals surface area contributed by atoms with Crippen molar-refractivity contribution in [3.63, 3.8) is 0 Å². The van der Waals surface area contributed by atoms with Crippen molar-refractivity contribution in [1.29, 1.82) is 0 Å². The minimum absolute atomic E-state index is 0.445. The maximum Gasteiger partial charge on any atom is 0.335 e. The molecule has 2 rings (SSSR count). The van der Waals surface area contributed by atoms with E-state index in [9.17, 15) is 9.90 Å². The second-order valence-electron chi connectivity index (χ2n) is 6.46. The molecule has 0 amide bonds. The highest BCUT2D eigenvalue weighted by Gasteiger charge is 2.20. The lowest BCUT2D eigenvalue weighted by molar-refractivity contribution is 0.0695. The van der Waals surface area contributed by atoms with E-state index < -0.39 is 5.97 Å². The van der Waals surface area contributed by atoms with Gasteiger partial charge < -0.3 is 10.0 Å². The van der Waals surface area contributed by atoms with E-state index in [1.54, 1.807) is 12.1 Å². The topological polar surface area (TPSA) is 40.5 Å². The summed E-state index contributed by atoms with van der Waals surface area (Å²) in [4.78, 5) is 13.7. The zero-order chi connectivity index (χ0) is 15.2. The monoisotopic (exact) mass is 289 g/mol. The maximum absolute atomic E-state index is 11.2. The molecule has 0 saturated heterocycles. The summed E-state index contributed by atoms with van der Waals surface area (Å²) < 4.78 is 0. The number of likely N-dealkylation sites (N-methyl/N-ethyl adjacent to an activating group) is 1. The predicted molar refractivity (Wildman–Crippen MR) is 85.8 cm³/mol. The number of carboxylic acids is 1.